The van der Waals surface area contributed by atoms with Gasteiger partial charge in [0.2, 0.25) is 0 Å². The normalized spacial score (nSPS) is 18.4. The monoisotopic (exact) mass is 244 g/mol. The summed E-state index contributed by atoms with van der Waals surface area (Å²) in [5, 5.41) is 0. The Hall–Kier alpha value is -1.08. The summed E-state index contributed by atoms with van der Waals surface area (Å²) in [6.07, 6.45) is 11.3. The van der Waals surface area contributed by atoms with Crippen LogP contribution in [-0.2, 0) is 11.2 Å². The Balaban J connectivity index is 1.76. The van der Waals surface area contributed by atoms with Gasteiger partial charge in [-0.15, -0.1) is 6.58 Å². The number of hydrogen-bond donors (Lipinski definition) is 0. The average Bonchev–Trinajstić information content (AvgIpc) is 2.45. The molecule has 1 aliphatic carbocycles. The van der Waals surface area contributed by atoms with E-state index < -0.39 is 0 Å². The molecule has 1 nitrogen and oxygen atoms in total. The fourth-order valence-electron chi connectivity index (χ4n) is 2.64. The summed E-state index contributed by atoms with van der Waals surface area (Å²) in [5.41, 5.74) is 1.39. The first-order valence-corrected chi connectivity index (χ1v) is 7.20. The van der Waals surface area contributed by atoms with Crippen molar-refractivity contribution in [1.82, 2.24) is 0 Å². The quantitative estimate of drug-likeness (QED) is 0.668. The maximum atomic E-state index is 6.14. The fourth-order valence-corrected chi connectivity index (χ4v) is 2.64. The van der Waals surface area contributed by atoms with E-state index in [0.717, 1.165) is 12.8 Å². The highest BCUT2D eigenvalue weighted by Gasteiger charge is 2.17. The number of hydrogen-bond acceptors (Lipinski definition) is 1. The zero-order valence-electron chi connectivity index (χ0n) is 11.2. The Morgan fingerprint density at radius 1 is 1.17 bits per heavy atom. The Morgan fingerprint density at radius 3 is 2.56 bits per heavy atom. The predicted molar refractivity (Wildman–Crippen MR) is 76.7 cm³/mol. The van der Waals surface area contributed by atoms with Crippen LogP contribution in [0.5, 0.6) is 0 Å². The number of benzene rings is 1. The first-order chi connectivity index (χ1) is 8.88. The van der Waals surface area contributed by atoms with Crippen LogP contribution in [0.4, 0.5) is 0 Å². The van der Waals surface area contributed by atoms with Gasteiger partial charge in [0, 0.05) is 0 Å². The molecule has 1 aliphatic rings. The van der Waals surface area contributed by atoms with Crippen LogP contribution in [0.1, 0.15) is 44.1 Å². The second-order valence-corrected chi connectivity index (χ2v) is 5.19. The maximum Gasteiger partial charge on any atom is 0.0760 e. The summed E-state index contributed by atoms with van der Waals surface area (Å²) in [6.45, 7) is 3.91. The smallest absolute Gasteiger partial charge is 0.0760 e. The van der Waals surface area contributed by atoms with Gasteiger partial charge in [-0.05, 0) is 31.2 Å². The number of rotatable bonds is 6. The van der Waals surface area contributed by atoms with E-state index in [1.54, 1.807) is 0 Å². The van der Waals surface area contributed by atoms with E-state index in [1.165, 1.54) is 37.7 Å². The van der Waals surface area contributed by atoms with Gasteiger partial charge in [-0.1, -0.05) is 55.7 Å². The third-order valence-electron chi connectivity index (χ3n) is 3.74. The molecular weight excluding hydrogens is 220 g/mol. The van der Waals surface area contributed by atoms with Gasteiger partial charge in [0.25, 0.3) is 0 Å². The summed E-state index contributed by atoms with van der Waals surface area (Å²) in [5.74, 6) is 0. The summed E-state index contributed by atoms with van der Waals surface area (Å²) in [7, 11) is 0. The zero-order chi connectivity index (χ0) is 12.6. The summed E-state index contributed by atoms with van der Waals surface area (Å²) in [4.78, 5) is 0. The topological polar surface area (TPSA) is 9.23 Å². The van der Waals surface area contributed by atoms with Crippen LogP contribution in [0.15, 0.2) is 43.0 Å². The lowest BCUT2D eigenvalue weighted by Gasteiger charge is -2.26. The lowest BCUT2D eigenvalue weighted by atomic mass is 9.97. The molecule has 0 aliphatic heterocycles. The number of ether oxygens (including phenoxy) is 1. The van der Waals surface area contributed by atoms with Crippen molar-refractivity contribution in [3.05, 3.63) is 48.6 Å². The molecule has 0 N–H and O–H groups in total. The molecule has 0 radical (unpaired) electrons. The van der Waals surface area contributed by atoms with E-state index in [1.807, 2.05) is 6.08 Å². The van der Waals surface area contributed by atoms with Gasteiger partial charge < -0.3 is 4.74 Å². The van der Waals surface area contributed by atoms with Crippen molar-refractivity contribution < 1.29 is 4.74 Å². The van der Waals surface area contributed by atoms with Crippen LogP contribution in [0.3, 0.4) is 0 Å². The highest BCUT2D eigenvalue weighted by atomic mass is 16.5. The Morgan fingerprint density at radius 2 is 1.89 bits per heavy atom. The predicted octanol–water partition coefficient (Wildman–Crippen LogP) is 4.52. The first-order valence-electron chi connectivity index (χ1n) is 7.20. The number of aryl methyl sites for hydroxylation is 1. The summed E-state index contributed by atoms with van der Waals surface area (Å²) >= 11 is 0. The Labute approximate surface area is 111 Å². The minimum atomic E-state index is 0.216. The van der Waals surface area contributed by atoms with Crippen molar-refractivity contribution in [3.63, 3.8) is 0 Å². The van der Waals surface area contributed by atoms with Crippen LogP contribution in [-0.4, -0.2) is 12.2 Å². The third kappa shape index (κ3) is 4.30. The van der Waals surface area contributed by atoms with Gasteiger partial charge in [0.05, 0.1) is 12.2 Å². The fraction of sp³-hybridized carbons (Fsp3) is 0.529. The molecule has 0 saturated heterocycles. The minimum Gasteiger partial charge on any atom is -0.371 e. The van der Waals surface area contributed by atoms with E-state index in [9.17, 15) is 0 Å². The molecule has 0 spiro atoms. The molecule has 1 aromatic rings. The lowest BCUT2D eigenvalue weighted by Crippen LogP contribution is -2.23. The zero-order valence-corrected chi connectivity index (χ0v) is 11.2. The lowest BCUT2D eigenvalue weighted by molar-refractivity contribution is -0.0101. The molecule has 2 rings (SSSR count). The highest BCUT2D eigenvalue weighted by Crippen LogP contribution is 2.22. The van der Waals surface area contributed by atoms with Crippen LogP contribution >= 0.6 is 0 Å². The third-order valence-corrected chi connectivity index (χ3v) is 3.74. The van der Waals surface area contributed by atoms with Crippen LogP contribution < -0.4 is 0 Å². The summed E-state index contributed by atoms with van der Waals surface area (Å²) in [6, 6.07) is 10.6. The molecule has 1 fully saturated rings. The van der Waals surface area contributed by atoms with E-state index >= 15 is 0 Å². The van der Waals surface area contributed by atoms with Crippen molar-refractivity contribution in [2.45, 2.75) is 57.2 Å². The average molecular weight is 244 g/mol. The summed E-state index contributed by atoms with van der Waals surface area (Å²) < 4.78 is 6.14. The van der Waals surface area contributed by atoms with E-state index in [4.69, 9.17) is 4.74 Å². The van der Waals surface area contributed by atoms with Gasteiger partial charge >= 0.3 is 0 Å². The Kier molecular flexibility index (Phi) is 5.47. The Bertz CT molecular complexity index is 338. The molecule has 0 amide bonds. The molecule has 1 unspecified atom stereocenters. The van der Waals surface area contributed by atoms with Crippen molar-refractivity contribution in [1.29, 1.82) is 0 Å². The maximum absolute atomic E-state index is 6.14. The van der Waals surface area contributed by atoms with Gasteiger partial charge in [-0.3, -0.25) is 0 Å². The van der Waals surface area contributed by atoms with Gasteiger partial charge in [-0.2, -0.15) is 0 Å². The van der Waals surface area contributed by atoms with Crippen LogP contribution in [0.25, 0.3) is 0 Å². The van der Waals surface area contributed by atoms with Gasteiger partial charge in [0.1, 0.15) is 0 Å². The molecule has 18 heavy (non-hydrogen) atoms. The van der Waals surface area contributed by atoms with Gasteiger partial charge in [-0.25, -0.2) is 0 Å². The van der Waals surface area contributed by atoms with Crippen LogP contribution in [0.2, 0.25) is 0 Å². The second kappa shape index (κ2) is 7.38. The van der Waals surface area contributed by atoms with Crippen molar-refractivity contribution >= 4 is 0 Å². The molecule has 1 saturated carbocycles. The molecule has 1 atom stereocenters. The van der Waals surface area contributed by atoms with Crippen molar-refractivity contribution in [3.8, 4) is 0 Å². The van der Waals surface area contributed by atoms with E-state index in [-0.39, 0.29) is 6.10 Å². The minimum absolute atomic E-state index is 0.216. The standard InChI is InChI=1S/C17H24O/c1-2-16(18-17-11-7-4-8-12-17)14-13-15-9-5-3-6-10-15/h2-3,5-6,9-10,16-17H,1,4,7-8,11-14H2. The SMILES string of the molecule is C=CC(CCc1ccccc1)OC1CCCCC1. The second-order valence-electron chi connectivity index (χ2n) is 5.19. The highest BCUT2D eigenvalue weighted by molar-refractivity contribution is 5.14. The molecule has 0 aromatic heterocycles. The molecule has 1 heteroatoms. The molecule has 0 bridgehead atoms. The van der Waals surface area contributed by atoms with Crippen LogP contribution in [0, 0.1) is 0 Å². The van der Waals surface area contributed by atoms with E-state index in [0.29, 0.717) is 6.10 Å². The molecule has 0 heterocycles. The van der Waals surface area contributed by atoms with Crippen molar-refractivity contribution in [2.24, 2.45) is 0 Å². The molecule has 98 valence electrons. The first kappa shape index (κ1) is 13.4. The van der Waals surface area contributed by atoms with Gasteiger partial charge in [0.15, 0.2) is 0 Å². The largest absolute Gasteiger partial charge is 0.371 e. The molecular formula is C17H24O. The van der Waals surface area contributed by atoms with E-state index in [2.05, 4.69) is 36.9 Å². The molecule has 1 aromatic carbocycles. The van der Waals surface area contributed by atoms with Crippen molar-refractivity contribution in [2.75, 3.05) is 0 Å².